The molecule has 0 spiro atoms. The molecule has 318 valence electrons. The number of rotatable bonds is 15. The zero-order chi connectivity index (χ0) is 44.5. The summed E-state index contributed by atoms with van der Waals surface area (Å²) in [5, 5.41) is 10.8. The van der Waals surface area contributed by atoms with Crippen molar-refractivity contribution in [2.24, 2.45) is 0 Å². The molecule has 0 radical (unpaired) electrons. The largest absolute Gasteiger partial charge is 0.497 e. The van der Waals surface area contributed by atoms with Crippen LogP contribution < -0.4 is 29.6 Å². The zero-order valence-corrected chi connectivity index (χ0v) is 37.2. The van der Waals surface area contributed by atoms with E-state index in [0.29, 0.717) is 0 Å². The van der Waals surface area contributed by atoms with E-state index in [-0.39, 0.29) is 6.61 Å². The minimum absolute atomic E-state index is 0.0382. The predicted molar refractivity (Wildman–Crippen MR) is 269 cm³/mol. The average Bonchev–Trinajstić information content (AvgIpc) is 3.37. The molecule has 0 saturated heterocycles. The van der Waals surface area contributed by atoms with Crippen LogP contribution in [-0.2, 0) is 11.2 Å². The number of benzene rings is 9. The summed E-state index contributed by atoms with van der Waals surface area (Å²) in [7, 11) is 0.179. The van der Waals surface area contributed by atoms with Crippen molar-refractivity contribution < 1.29 is 19.3 Å². The van der Waals surface area contributed by atoms with Crippen molar-refractivity contribution in [3.05, 3.63) is 242 Å². The van der Waals surface area contributed by atoms with Gasteiger partial charge in [-0.2, -0.15) is 0 Å². The summed E-state index contributed by atoms with van der Waals surface area (Å²) in [4.78, 5) is 7.73. The molecule has 0 aromatic heterocycles. The fourth-order valence-electron chi connectivity index (χ4n) is 8.28. The van der Waals surface area contributed by atoms with E-state index in [1.165, 1.54) is 0 Å². The van der Waals surface area contributed by atoms with Crippen LogP contribution in [0.15, 0.2) is 237 Å². The van der Waals surface area contributed by atoms with Gasteiger partial charge in [0, 0.05) is 94.0 Å². The number of anilines is 9. The third kappa shape index (κ3) is 9.45. The first-order chi connectivity index (χ1) is 32.0. The molecule has 0 fully saturated rings. The zero-order valence-electron chi connectivity index (χ0n) is 36.3. The van der Waals surface area contributed by atoms with Crippen molar-refractivity contribution in [1.29, 1.82) is 0 Å². The second-order valence-corrected chi connectivity index (χ2v) is 17.1. The maximum Gasteiger partial charge on any atom is 0.373 e. The van der Waals surface area contributed by atoms with Gasteiger partial charge in [0.1, 0.15) is 29.5 Å². The van der Waals surface area contributed by atoms with Crippen LogP contribution in [0.4, 0.5) is 68.2 Å². The van der Waals surface area contributed by atoms with Gasteiger partial charge in [-0.25, -0.2) is 4.90 Å². The molecule has 2 unspecified atom stereocenters. The summed E-state index contributed by atoms with van der Waals surface area (Å²) in [6.07, 6.45) is 0. The number of hydrogen-bond acceptors (Lipinski definition) is 6. The van der Waals surface area contributed by atoms with Crippen LogP contribution in [0.5, 0.6) is 5.75 Å². The Kier molecular flexibility index (Phi) is 12.9. The molecule has 0 heterocycles. The van der Waals surface area contributed by atoms with E-state index in [1.807, 2.05) is 91.0 Å². The highest BCUT2D eigenvalue weighted by atomic mass is 31.1. The smallest absolute Gasteiger partial charge is 0.373 e. The Morgan fingerprint density at radius 1 is 0.415 bits per heavy atom. The lowest BCUT2D eigenvalue weighted by Crippen LogP contribution is -2.96. The Balaban J connectivity index is 1.14. The molecule has 0 aliphatic rings. The first kappa shape index (κ1) is 42.5. The third-order valence-corrected chi connectivity index (χ3v) is 12.4. The van der Waals surface area contributed by atoms with Crippen molar-refractivity contribution in [2.45, 2.75) is 6.61 Å². The average molecular weight is 869 g/mol. The van der Waals surface area contributed by atoms with Gasteiger partial charge < -0.3 is 24.5 Å². The maximum absolute atomic E-state index is 12.6. The molecule has 0 amide bonds. The molecule has 65 heavy (non-hydrogen) atoms. The number of nitrogens with zero attached hydrogens (tertiary/aromatic N) is 3. The number of aliphatic hydroxyl groups is 1. The van der Waals surface area contributed by atoms with Crippen LogP contribution >= 0.6 is 7.80 Å². The molecule has 0 aliphatic carbocycles. The van der Waals surface area contributed by atoms with Crippen LogP contribution in [0.2, 0.25) is 0 Å². The van der Waals surface area contributed by atoms with Crippen LogP contribution in [0.3, 0.4) is 0 Å². The number of hydrogen-bond donors (Lipinski definition) is 2. The van der Waals surface area contributed by atoms with E-state index >= 15 is 0 Å². The van der Waals surface area contributed by atoms with Crippen LogP contribution in [-0.4, -0.2) is 18.9 Å². The molecule has 0 bridgehead atoms. The Morgan fingerprint density at radius 2 is 0.769 bits per heavy atom. The fourth-order valence-corrected chi connectivity index (χ4v) is 8.89. The normalized spacial score (nSPS) is 11.6. The van der Waals surface area contributed by atoms with Gasteiger partial charge in [-0.1, -0.05) is 83.4 Å². The summed E-state index contributed by atoms with van der Waals surface area (Å²) in [5.41, 5.74) is 12.9. The SMILES string of the molecule is COc1cccc(N(c2ccccc2)c2ccc([NH+](c3ccc(N(c4ccccc4)c4cccc(CO)c4)cc3)c3ccc(N(c4ccccc4)c4cccc([P+](C)=O)c4)cc3)cc2)c1. The van der Waals surface area contributed by atoms with Gasteiger partial charge in [0.15, 0.2) is 5.30 Å². The van der Waals surface area contributed by atoms with E-state index in [4.69, 9.17) is 4.74 Å². The number of methoxy groups -OCH3 is 1. The standard InChI is InChI=1S/C57H48N4O3P/c1-64-56-25-13-23-54(40-56)60(45-18-8-4-9-19-45)51-35-29-48(30-36-51)58(47-27-33-50(34-28-47)59(44-16-6-3-7-17-44)53-22-12-15-43(39-53)42-62)49-31-37-52(38-32-49)61(46-20-10-5-11-21-46)55-24-14-26-57(41-55)65(2)63/h3-41,62H,42H2,1-2H3/q+1/p+1. The Morgan fingerprint density at radius 3 is 1.17 bits per heavy atom. The van der Waals surface area contributed by atoms with Gasteiger partial charge in [0.25, 0.3) is 0 Å². The second kappa shape index (κ2) is 19.7. The highest BCUT2D eigenvalue weighted by Crippen LogP contribution is 2.39. The highest BCUT2D eigenvalue weighted by Gasteiger charge is 2.24. The van der Waals surface area contributed by atoms with Gasteiger partial charge in [-0.05, 0) is 115 Å². The molecule has 9 aromatic rings. The quantitative estimate of drug-likeness (QED) is 0.100. The monoisotopic (exact) mass is 868 g/mol. The summed E-state index contributed by atoms with van der Waals surface area (Å²) >= 11 is 0. The van der Waals surface area contributed by atoms with E-state index in [9.17, 15) is 9.67 Å². The lowest BCUT2D eigenvalue weighted by Gasteiger charge is -2.28. The summed E-state index contributed by atoms with van der Waals surface area (Å²) in [6, 6.07) is 81.3. The Hall–Kier alpha value is -7.80. The lowest BCUT2D eigenvalue weighted by molar-refractivity contribution is -0.681. The number of nitrogens with one attached hydrogen (secondary N) is 1. The molecular formula is C57H49N4O3P+2. The van der Waals surface area contributed by atoms with Crippen molar-refractivity contribution in [3.8, 4) is 5.75 Å². The number of aliphatic hydroxyl groups excluding tert-OH is 1. The molecule has 2 N–H and O–H groups in total. The summed E-state index contributed by atoms with van der Waals surface area (Å²) < 4.78 is 18.3. The lowest BCUT2D eigenvalue weighted by atomic mass is 10.1. The first-order valence-electron chi connectivity index (χ1n) is 21.6. The minimum atomic E-state index is -1.51. The van der Waals surface area contributed by atoms with E-state index in [2.05, 4.69) is 160 Å². The van der Waals surface area contributed by atoms with Crippen molar-refractivity contribution >= 4 is 81.4 Å². The van der Waals surface area contributed by atoms with Crippen molar-refractivity contribution in [1.82, 2.24) is 0 Å². The van der Waals surface area contributed by atoms with Crippen LogP contribution in [0.1, 0.15) is 5.56 Å². The summed E-state index contributed by atoms with van der Waals surface area (Å²) in [5.74, 6) is 0.786. The molecule has 0 saturated carbocycles. The van der Waals surface area contributed by atoms with Gasteiger partial charge >= 0.3 is 7.80 Å². The minimum Gasteiger partial charge on any atom is -0.497 e. The number of quaternary nitrogens is 1. The molecule has 0 aliphatic heterocycles. The first-order valence-corrected chi connectivity index (χ1v) is 23.3. The van der Waals surface area contributed by atoms with E-state index in [1.54, 1.807) is 13.8 Å². The predicted octanol–water partition coefficient (Wildman–Crippen LogP) is 13.9. The molecule has 9 aromatic carbocycles. The molecule has 2 atom stereocenters. The third-order valence-electron chi connectivity index (χ3n) is 11.4. The number of ether oxygens (including phenoxy) is 1. The molecular weight excluding hydrogens is 820 g/mol. The highest BCUT2D eigenvalue weighted by molar-refractivity contribution is 7.52. The topological polar surface area (TPSA) is 60.7 Å². The van der Waals surface area contributed by atoms with Crippen molar-refractivity contribution in [3.63, 3.8) is 0 Å². The Bertz CT molecular complexity index is 2850. The maximum atomic E-state index is 12.6. The molecule has 8 heteroatoms. The second-order valence-electron chi connectivity index (χ2n) is 15.6. The summed E-state index contributed by atoms with van der Waals surface area (Å²) in [6.45, 7) is 1.71. The van der Waals surface area contributed by atoms with E-state index in [0.717, 1.165) is 89.8 Å². The Labute approximate surface area is 382 Å². The number of para-hydroxylation sites is 3. The van der Waals surface area contributed by atoms with Gasteiger partial charge in [-0.15, -0.1) is 0 Å². The van der Waals surface area contributed by atoms with Crippen LogP contribution in [0, 0.1) is 0 Å². The van der Waals surface area contributed by atoms with Gasteiger partial charge in [0.2, 0.25) is 0 Å². The van der Waals surface area contributed by atoms with Gasteiger partial charge in [0.05, 0.1) is 19.4 Å². The van der Waals surface area contributed by atoms with Crippen LogP contribution in [0.25, 0.3) is 0 Å². The fraction of sp³-hybridized carbons (Fsp3) is 0.0526. The molecule has 7 nitrogen and oxygen atoms in total. The molecule has 9 rings (SSSR count). The van der Waals surface area contributed by atoms with Crippen molar-refractivity contribution in [2.75, 3.05) is 28.5 Å². The van der Waals surface area contributed by atoms with Gasteiger partial charge in [-0.3, -0.25) is 0 Å². The van der Waals surface area contributed by atoms with E-state index < -0.39 is 7.80 Å².